The number of benzene rings is 1. The predicted molar refractivity (Wildman–Crippen MR) is 74.4 cm³/mol. The first-order valence-electron chi connectivity index (χ1n) is 6.49. The Kier molecular flexibility index (Phi) is 4.64. The molecule has 0 radical (unpaired) electrons. The molecule has 2 rings (SSSR count). The molecule has 0 saturated carbocycles. The Balaban J connectivity index is 2.28. The summed E-state index contributed by atoms with van der Waals surface area (Å²) in [7, 11) is 0. The van der Waals surface area contributed by atoms with Crippen LogP contribution in [0.2, 0.25) is 5.02 Å². The third kappa shape index (κ3) is 3.11. The van der Waals surface area contributed by atoms with Crippen LogP contribution in [0.5, 0.6) is 0 Å². The van der Waals surface area contributed by atoms with E-state index in [1.807, 2.05) is 12.1 Å². The van der Waals surface area contributed by atoms with E-state index >= 15 is 0 Å². The van der Waals surface area contributed by atoms with Gasteiger partial charge in [0, 0.05) is 5.02 Å². The maximum atomic E-state index is 6.31. The molecule has 1 aliphatic rings. The van der Waals surface area contributed by atoms with Crippen molar-refractivity contribution >= 4 is 11.6 Å². The highest BCUT2D eigenvalue weighted by atomic mass is 35.5. The summed E-state index contributed by atoms with van der Waals surface area (Å²) in [6.45, 7) is 3.11. The van der Waals surface area contributed by atoms with Crippen LogP contribution < -0.4 is 5.32 Å². The smallest absolute Gasteiger partial charge is 0.0550 e. The zero-order valence-corrected chi connectivity index (χ0v) is 11.1. The third-order valence-corrected chi connectivity index (χ3v) is 3.67. The van der Waals surface area contributed by atoms with Gasteiger partial charge >= 0.3 is 0 Å². The normalized spacial score (nSPS) is 17.6. The molecule has 0 saturated heterocycles. The van der Waals surface area contributed by atoms with Crippen molar-refractivity contribution in [3.63, 3.8) is 0 Å². The average molecular weight is 250 g/mol. The molecule has 0 spiro atoms. The van der Waals surface area contributed by atoms with E-state index in [0.717, 1.165) is 11.6 Å². The van der Waals surface area contributed by atoms with Crippen molar-refractivity contribution in [2.75, 3.05) is 6.54 Å². The second-order valence-electron chi connectivity index (χ2n) is 4.54. The van der Waals surface area contributed by atoms with Crippen LogP contribution in [0.25, 0.3) is 0 Å². The fraction of sp³-hybridized carbons (Fsp3) is 0.467. The van der Waals surface area contributed by atoms with E-state index in [1.165, 1.54) is 36.8 Å². The van der Waals surface area contributed by atoms with Crippen LogP contribution >= 0.6 is 11.6 Å². The van der Waals surface area contributed by atoms with Crippen LogP contribution in [0.1, 0.15) is 44.2 Å². The summed E-state index contributed by atoms with van der Waals surface area (Å²) in [5, 5.41) is 4.42. The van der Waals surface area contributed by atoms with Crippen LogP contribution in [0.4, 0.5) is 0 Å². The van der Waals surface area contributed by atoms with Gasteiger partial charge in [0.15, 0.2) is 0 Å². The minimum atomic E-state index is 0.300. The number of allylic oxidation sites excluding steroid dienone is 1. The fourth-order valence-corrected chi connectivity index (χ4v) is 2.72. The molecule has 1 aromatic rings. The molecule has 2 heteroatoms. The minimum absolute atomic E-state index is 0.300. The maximum Gasteiger partial charge on any atom is 0.0550 e. The van der Waals surface area contributed by atoms with Gasteiger partial charge in [0.05, 0.1) is 6.04 Å². The maximum absolute atomic E-state index is 6.31. The summed E-state index contributed by atoms with van der Waals surface area (Å²) in [6, 6.07) is 8.46. The fourth-order valence-electron chi connectivity index (χ4n) is 2.48. The van der Waals surface area contributed by atoms with Gasteiger partial charge in [-0.1, -0.05) is 48.4 Å². The lowest BCUT2D eigenvalue weighted by atomic mass is 9.90. The molecule has 1 aliphatic carbocycles. The highest BCUT2D eigenvalue weighted by Gasteiger charge is 2.19. The Hall–Kier alpha value is -0.790. The lowest BCUT2D eigenvalue weighted by Crippen LogP contribution is -2.24. The molecular weight excluding hydrogens is 230 g/mol. The topological polar surface area (TPSA) is 12.0 Å². The molecule has 0 aliphatic heterocycles. The Morgan fingerprint density at radius 3 is 2.76 bits per heavy atom. The predicted octanol–water partition coefficient (Wildman–Crippen LogP) is 4.49. The molecule has 1 unspecified atom stereocenters. The molecule has 17 heavy (non-hydrogen) atoms. The van der Waals surface area contributed by atoms with E-state index in [-0.39, 0.29) is 0 Å². The molecule has 0 heterocycles. The van der Waals surface area contributed by atoms with Gasteiger partial charge in [0.2, 0.25) is 0 Å². The monoisotopic (exact) mass is 249 g/mol. The molecule has 1 atom stereocenters. The minimum Gasteiger partial charge on any atom is -0.307 e. The zero-order chi connectivity index (χ0) is 12.1. The summed E-state index contributed by atoms with van der Waals surface area (Å²) < 4.78 is 0. The van der Waals surface area contributed by atoms with Crippen LogP contribution in [0, 0.1) is 0 Å². The van der Waals surface area contributed by atoms with Crippen molar-refractivity contribution < 1.29 is 0 Å². The van der Waals surface area contributed by atoms with Crippen molar-refractivity contribution in [2.45, 2.75) is 38.6 Å². The molecule has 0 aromatic heterocycles. The van der Waals surface area contributed by atoms with Gasteiger partial charge in [-0.3, -0.25) is 0 Å². The van der Waals surface area contributed by atoms with Crippen molar-refractivity contribution in [3.05, 3.63) is 46.5 Å². The van der Waals surface area contributed by atoms with Gasteiger partial charge in [-0.2, -0.15) is 0 Å². The van der Waals surface area contributed by atoms with Crippen LogP contribution in [-0.2, 0) is 0 Å². The van der Waals surface area contributed by atoms with Crippen LogP contribution in [-0.4, -0.2) is 6.54 Å². The van der Waals surface area contributed by atoms with E-state index < -0.39 is 0 Å². The van der Waals surface area contributed by atoms with E-state index in [4.69, 9.17) is 11.6 Å². The first-order chi connectivity index (χ1) is 8.33. The quantitative estimate of drug-likeness (QED) is 0.776. The second kappa shape index (κ2) is 6.23. The number of hydrogen-bond acceptors (Lipinski definition) is 1. The molecule has 1 aromatic carbocycles. The first kappa shape index (κ1) is 12.7. The number of halogens is 1. The van der Waals surface area contributed by atoms with Crippen molar-refractivity contribution in [2.24, 2.45) is 0 Å². The molecule has 92 valence electrons. The average Bonchev–Trinajstić information content (AvgIpc) is 2.38. The van der Waals surface area contributed by atoms with E-state index in [1.54, 1.807) is 0 Å². The molecule has 1 N–H and O–H groups in total. The molecule has 0 fully saturated rings. The number of rotatable bonds is 4. The summed E-state index contributed by atoms with van der Waals surface area (Å²) in [4.78, 5) is 0. The van der Waals surface area contributed by atoms with Gasteiger partial charge in [0.1, 0.15) is 0 Å². The standard InChI is InChI=1S/C15H20ClN/c1-2-17-15(12-8-4-3-5-9-12)13-10-6-7-11-14(13)16/h6-8,10-11,15,17H,2-5,9H2,1H3. The first-order valence-corrected chi connectivity index (χ1v) is 6.87. The van der Waals surface area contributed by atoms with Crippen LogP contribution in [0.15, 0.2) is 35.9 Å². The number of nitrogens with one attached hydrogen (secondary N) is 1. The lowest BCUT2D eigenvalue weighted by Gasteiger charge is -2.25. The van der Waals surface area contributed by atoms with E-state index in [9.17, 15) is 0 Å². The van der Waals surface area contributed by atoms with Gasteiger partial charge in [-0.25, -0.2) is 0 Å². The van der Waals surface area contributed by atoms with Gasteiger partial charge < -0.3 is 5.32 Å². The highest BCUT2D eigenvalue weighted by molar-refractivity contribution is 6.31. The molecule has 0 bridgehead atoms. The SMILES string of the molecule is CCNC(C1=CCCCC1)c1ccccc1Cl. The van der Waals surface area contributed by atoms with Gasteiger partial charge in [0.25, 0.3) is 0 Å². The third-order valence-electron chi connectivity index (χ3n) is 3.32. The van der Waals surface area contributed by atoms with Crippen molar-refractivity contribution in [1.82, 2.24) is 5.32 Å². The van der Waals surface area contributed by atoms with Crippen molar-refractivity contribution in [1.29, 1.82) is 0 Å². The summed E-state index contributed by atoms with van der Waals surface area (Å²) in [6.07, 6.45) is 7.42. The van der Waals surface area contributed by atoms with E-state index in [0.29, 0.717) is 6.04 Å². The second-order valence-corrected chi connectivity index (χ2v) is 4.94. The number of likely N-dealkylation sites (N-methyl/N-ethyl adjacent to an activating group) is 1. The van der Waals surface area contributed by atoms with Gasteiger partial charge in [-0.15, -0.1) is 0 Å². The van der Waals surface area contributed by atoms with Crippen molar-refractivity contribution in [3.8, 4) is 0 Å². The molecule has 0 amide bonds. The highest BCUT2D eigenvalue weighted by Crippen LogP contribution is 2.33. The summed E-state index contributed by atoms with van der Waals surface area (Å²) in [5.74, 6) is 0. The largest absolute Gasteiger partial charge is 0.307 e. The summed E-state index contributed by atoms with van der Waals surface area (Å²) >= 11 is 6.31. The lowest BCUT2D eigenvalue weighted by molar-refractivity contribution is 0.564. The summed E-state index contributed by atoms with van der Waals surface area (Å²) in [5.41, 5.74) is 2.72. The molecular formula is C15H20ClN. The van der Waals surface area contributed by atoms with E-state index in [2.05, 4.69) is 30.4 Å². The molecule has 1 nitrogen and oxygen atoms in total. The number of hydrogen-bond donors (Lipinski definition) is 1. The van der Waals surface area contributed by atoms with Gasteiger partial charge in [-0.05, 0) is 43.9 Å². The van der Waals surface area contributed by atoms with Crippen LogP contribution in [0.3, 0.4) is 0 Å². The Morgan fingerprint density at radius 1 is 1.29 bits per heavy atom. The Bertz CT molecular complexity index is 398. The Labute approximate surface area is 109 Å². The Morgan fingerprint density at radius 2 is 2.12 bits per heavy atom. The zero-order valence-electron chi connectivity index (χ0n) is 10.4.